The first-order chi connectivity index (χ1) is 11.7. The molecule has 1 aliphatic rings. The molecular weight excluding hydrogens is 300 g/mol. The van der Waals surface area contributed by atoms with Gasteiger partial charge < -0.3 is 20.3 Å². The number of para-hydroxylation sites is 1. The zero-order chi connectivity index (χ0) is 17.2. The second-order valence-electron chi connectivity index (χ2n) is 6.64. The summed E-state index contributed by atoms with van der Waals surface area (Å²) >= 11 is 0. The number of anilines is 1. The Bertz CT molecular complexity index is 489. The number of ether oxygens (including phenoxy) is 1. The fourth-order valence-corrected chi connectivity index (χ4v) is 2.81. The van der Waals surface area contributed by atoms with Crippen LogP contribution in [-0.4, -0.2) is 51.4 Å². The van der Waals surface area contributed by atoms with Crippen LogP contribution < -0.4 is 15.5 Å². The van der Waals surface area contributed by atoms with Gasteiger partial charge in [-0.3, -0.25) is 4.99 Å². The third-order valence-corrected chi connectivity index (χ3v) is 3.95. The highest BCUT2D eigenvalue weighted by Gasteiger charge is 2.23. The number of benzene rings is 1. The molecule has 1 aromatic carbocycles. The van der Waals surface area contributed by atoms with Crippen molar-refractivity contribution in [2.45, 2.75) is 33.2 Å². The van der Waals surface area contributed by atoms with Crippen molar-refractivity contribution in [3.05, 3.63) is 30.3 Å². The van der Waals surface area contributed by atoms with Crippen molar-refractivity contribution in [1.29, 1.82) is 0 Å². The maximum absolute atomic E-state index is 5.60. The Labute approximate surface area is 146 Å². The summed E-state index contributed by atoms with van der Waals surface area (Å²) in [6, 6.07) is 11.0. The van der Waals surface area contributed by atoms with Gasteiger partial charge in [0.15, 0.2) is 5.96 Å². The maximum Gasteiger partial charge on any atom is 0.191 e. The van der Waals surface area contributed by atoms with Gasteiger partial charge in [0.1, 0.15) is 0 Å². The zero-order valence-electron chi connectivity index (χ0n) is 15.3. The quantitative estimate of drug-likeness (QED) is 0.436. The number of aliphatic imine (C=N–C) groups is 1. The van der Waals surface area contributed by atoms with Gasteiger partial charge in [-0.25, -0.2) is 0 Å². The van der Waals surface area contributed by atoms with E-state index in [0.29, 0.717) is 25.1 Å². The van der Waals surface area contributed by atoms with Crippen LogP contribution in [0.5, 0.6) is 0 Å². The lowest BCUT2D eigenvalue weighted by molar-refractivity contribution is 0.117. The molecule has 1 fully saturated rings. The van der Waals surface area contributed by atoms with E-state index in [2.05, 4.69) is 71.6 Å². The predicted octanol–water partition coefficient (Wildman–Crippen LogP) is 2.49. The Morgan fingerprint density at radius 2 is 2.12 bits per heavy atom. The van der Waals surface area contributed by atoms with E-state index in [9.17, 15) is 0 Å². The van der Waals surface area contributed by atoms with E-state index >= 15 is 0 Å². The van der Waals surface area contributed by atoms with E-state index in [1.54, 1.807) is 0 Å². The second-order valence-corrected chi connectivity index (χ2v) is 6.64. The van der Waals surface area contributed by atoms with E-state index in [1.807, 2.05) is 0 Å². The number of nitrogens with zero attached hydrogens (tertiary/aromatic N) is 2. The number of nitrogens with one attached hydrogen (secondary N) is 2. The average molecular weight is 332 g/mol. The smallest absolute Gasteiger partial charge is 0.191 e. The summed E-state index contributed by atoms with van der Waals surface area (Å²) in [5.41, 5.74) is 1.30. The summed E-state index contributed by atoms with van der Waals surface area (Å²) in [6.07, 6.45) is 1.13. The van der Waals surface area contributed by atoms with Crippen LogP contribution in [0.2, 0.25) is 0 Å². The standard InChI is InChI=1S/C19H32N4O/c1-4-20-19(21-11-13-24-15-16(2)3)22-17-10-12-23(14-17)18-8-6-5-7-9-18/h5-9,16-17H,4,10-15H2,1-3H3,(H2,20,21,22). The molecule has 0 spiro atoms. The van der Waals surface area contributed by atoms with Gasteiger partial charge in [-0.1, -0.05) is 32.0 Å². The van der Waals surface area contributed by atoms with Gasteiger partial charge in [0, 0.05) is 38.0 Å². The number of hydrogen-bond acceptors (Lipinski definition) is 3. The van der Waals surface area contributed by atoms with Crippen LogP contribution in [0.4, 0.5) is 5.69 Å². The summed E-state index contributed by atoms with van der Waals surface area (Å²) in [6.45, 7) is 11.5. The van der Waals surface area contributed by atoms with E-state index in [0.717, 1.165) is 38.6 Å². The van der Waals surface area contributed by atoms with Gasteiger partial charge in [-0.15, -0.1) is 0 Å². The van der Waals surface area contributed by atoms with Crippen molar-refractivity contribution in [2.24, 2.45) is 10.9 Å². The monoisotopic (exact) mass is 332 g/mol. The van der Waals surface area contributed by atoms with E-state index in [-0.39, 0.29) is 0 Å². The van der Waals surface area contributed by atoms with Crippen LogP contribution in [-0.2, 0) is 4.74 Å². The second kappa shape index (κ2) is 10.2. The van der Waals surface area contributed by atoms with Crippen LogP contribution in [0.15, 0.2) is 35.3 Å². The van der Waals surface area contributed by atoms with Gasteiger partial charge in [-0.05, 0) is 31.4 Å². The minimum absolute atomic E-state index is 0.430. The Hall–Kier alpha value is -1.75. The zero-order valence-corrected chi connectivity index (χ0v) is 15.3. The van der Waals surface area contributed by atoms with E-state index in [4.69, 9.17) is 4.74 Å². The maximum atomic E-state index is 5.60. The highest BCUT2D eigenvalue weighted by Crippen LogP contribution is 2.19. The Morgan fingerprint density at radius 1 is 1.33 bits per heavy atom. The molecule has 0 aromatic heterocycles. The van der Waals surface area contributed by atoms with Gasteiger partial charge in [0.25, 0.3) is 0 Å². The molecule has 134 valence electrons. The van der Waals surface area contributed by atoms with Crippen molar-refractivity contribution in [3.8, 4) is 0 Å². The molecule has 1 aliphatic heterocycles. The third kappa shape index (κ3) is 6.40. The van der Waals surface area contributed by atoms with Crippen LogP contribution in [0.25, 0.3) is 0 Å². The molecule has 1 heterocycles. The van der Waals surface area contributed by atoms with Crippen LogP contribution in [0.1, 0.15) is 27.2 Å². The predicted molar refractivity (Wildman–Crippen MR) is 102 cm³/mol. The van der Waals surface area contributed by atoms with Gasteiger partial charge in [0.2, 0.25) is 0 Å². The van der Waals surface area contributed by atoms with Crippen LogP contribution in [0.3, 0.4) is 0 Å². The summed E-state index contributed by atoms with van der Waals surface area (Å²) in [7, 11) is 0. The molecule has 0 bridgehead atoms. The largest absolute Gasteiger partial charge is 0.379 e. The number of guanidine groups is 1. The SMILES string of the molecule is CCNC(=NCCOCC(C)C)NC1CCN(c2ccccc2)C1. The molecule has 0 amide bonds. The molecule has 24 heavy (non-hydrogen) atoms. The molecule has 0 saturated carbocycles. The van der Waals surface area contributed by atoms with Crippen molar-refractivity contribution in [3.63, 3.8) is 0 Å². The lowest BCUT2D eigenvalue weighted by Crippen LogP contribution is -2.44. The van der Waals surface area contributed by atoms with Crippen molar-refractivity contribution < 1.29 is 4.74 Å². The highest BCUT2D eigenvalue weighted by atomic mass is 16.5. The lowest BCUT2D eigenvalue weighted by Gasteiger charge is -2.20. The third-order valence-electron chi connectivity index (χ3n) is 3.95. The van der Waals surface area contributed by atoms with Gasteiger partial charge in [0.05, 0.1) is 13.2 Å². The molecule has 5 heteroatoms. The lowest BCUT2D eigenvalue weighted by atomic mass is 10.2. The van der Waals surface area contributed by atoms with Crippen LogP contribution in [0, 0.1) is 5.92 Å². The fourth-order valence-electron chi connectivity index (χ4n) is 2.81. The molecule has 1 saturated heterocycles. The summed E-state index contributed by atoms with van der Waals surface area (Å²) in [5, 5.41) is 6.89. The minimum atomic E-state index is 0.430. The van der Waals surface area contributed by atoms with Crippen molar-refractivity contribution >= 4 is 11.6 Å². The average Bonchev–Trinajstić information content (AvgIpc) is 3.04. The first-order valence-electron chi connectivity index (χ1n) is 9.11. The molecule has 0 radical (unpaired) electrons. The molecule has 1 aromatic rings. The minimum Gasteiger partial charge on any atom is -0.379 e. The molecule has 2 rings (SSSR count). The molecular formula is C19H32N4O. The Balaban J connectivity index is 1.78. The van der Waals surface area contributed by atoms with E-state index in [1.165, 1.54) is 5.69 Å². The molecule has 5 nitrogen and oxygen atoms in total. The highest BCUT2D eigenvalue weighted by molar-refractivity contribution is 5.80. The Kier molecular flexibility index (Phi) is 7.89. The number of hydrogen-bond donors (Lipinski definition) is 2. The topological polar surface area (TPSA) is 48.9 Å². The van der Waals surface area contributed by atoms with Crippen molar-refractivity contribution in [1.82, 2.24) is 10.6 Å². The van der Waals surface area contributed by atoms with E-state index < -0.39 is 0 Å². The molecule has 0 aliphatic carbocycles. The van der Waals surface area contributed by atoms with Crippen molar-refractivity contribution in [2.75, 3.05) is 44.3 Å². The summed E-state index contributed by atoms with van der Waals surface area (Å²) < 4.78 is 5.60. The Morgan fingerprint density at radius 3 is 2.83 bits per heavy atom. The first kappa shape index (κ1) is 18.6. The normalized spacial score (nSPS) is 18.2. The van der Waals surface area contributed by atoms with Gasteiger partial charge in [-0.2, -0.15) is 0 Å². The fraction of sp³-hybridized carbons (Fsp3) is 0.632. The summed E-state index contributed by atoms with van der Waals surface area (Å²) in [5.74, 6) is 1.47. The van der Waals surface area contributed by atoms with Gasteiger partial charge >= 0.3 is 0 Å². The first-order valence-corrected chi connectivity index (χ1v) is 9.11. The molecule has 1 atom stereocenters. The summed E-state index contributed by atoms with van der Waals surface area (Å²) in [4.78, 5) is 7.05. The molecule has 1 unspecified atom stereocenters. The van der Waals surface area contributed by atoms with Crippen LogP contribution >= 0.6 is 0 Å². The number of rotatable bonds is 8. The molecule has 2 N–H and O–H groups in total.